The van der Waals surface area contributed by atoms with E-state index >= 15 is 0 Å². The molecule has 3 unspecified atom stereocenters. The number of phosphoric ester groups is 1. The number of aliphatic hydroxyl groups is 1. The average Bonchev–Trinajstić information content (AvgIpc) is 3.04. The number of hydrogen-bond donors (Lipinski definition) is 4. The monoisotopic (exact) mass is 683 g/mol. The van der Waals surface area contributed by atoms with Crippen LogP contribution in [0.1, 0.15) is 110 Å². The van der Waals surface area contributed by atoms with Crippen molar-refractivity contribution in [3.63, 3.8) is 0 Å². The highest BCUT2D eigenvalue weighted by Gasteiger charge is 2.28. The van der Waals surface area contributed by atoms with E-state index in [-0.39, 0.29) is 12.8 Å². The molecule has 0 fully saturated rings. The number of ether oxygens (including phenoxy) is 1. The van der Waals surface area contributed by atoms with Crippen molar-refractivity contribution in [3.05, 3.63) is 60.8 Å². The van der Waals surface area contributed by atoms with Crippen LogP contribution in [0.2, 0.25) is 0 Å². The molecule has 0 aromatic heterocycles. The van der Waals surface area contributed by atoms with Crippen LogP contribution in [0.3, 0.4) is 0 Å². The lowest BCUT2D eigenvalue weighted by molar-refractivity contribution is -0.147. The van der Waals surface area contributed by atoms with E-state index in [1.54, 1.807) is 0 Å². The first-order valence-corrected chi connectivity index (χ1v) is 18.3. The Morgan fingerprint density at radius 1 is 0.702 bits per heavy atom. The van der Waals surface area contributed by atoms with Gasteiger partial charge in [-0.1, -0.05) is 107 Å². The highest BCUT2D eigenvalue weighted by atomic mass is 31.2. The average molecular weight is 684 g/mol. The molecule has 0 radical (unpaired) electrons. The molecule has 0 aromatic rings. The molecule has 12 heteroatoms. The minimum atomic E-state index is -4.72. The minimum absolute atomic E-state index is 0.0233. The van der Waals surface area contributed by atoms with E-state index in [0.29, 0.717) is 6.42 Å². The Bertz CT molecular complexity index is 1040. The summed E-state index contributed by atoms with van der Waals surface area (Å²) in [6.07, 6.45) is 34.2. The van der Waals surface area contributed by atoms with Gasteiger partial charge in [-0.25, -0.2) is 9.36 Å². The molecular weight excluding hydrogens is 625 g/mol. The van der Waals surface area contributed by atoms with Gasteiger partial charge in [0.15, 0.2) is 6.04 Å². The SMILES string of the molecule is CC/C=C\C/C=C\C/C=C\C/C=C\C/C=C\CCCCCCCCCC(=O)OCC(O)COP(=O)(O)OCC(NC(=O)CC)C(=O)O. The van der Waals surface area contributed by atoms with Crippen molar-refractivity contribution < 1.29 is 47.8 Å². The molecule has 0 rings (SSSR count). The Balaban J connectivity index is 3.75. The number of carbonyl (C=O) groups is 3. The Morgan fingerprint density at radius 2 is 1.19 bits per heavy atom. The summed E-state index contributed by atoms with van der Waals surface area (Å²) >= 11 is 0. The molecule has 0 aliphatic carbocycles. The number of phosphoric acid groups is 1. The number of unbranched alkanes of at least 4 members (excludes halogenated alkanes) is 7. The van der Waals surface area contributed by atoms with Gasteiger partial charge in [-0.05, 0) is 51.4 Å². The fourth-order valence-electron chi connectivity index (χ4n) is 3.95. The van der Waals surface area contributed by atoms with E-state index in [1.807, 2.05) is 0 Å². The van der Waals surface area contributed by atoms with Crippen LogP contribution in [0, 0.1) is 0 Å². The second-order valence-corrected chi connectivity index (χ2v) is 12.4. The van der Waals surface area contributed by atoms with Crippen LogP contribution in [-0.4, -0.2) is 64.9 Å². The highest BCUT2D eigenvalue weighted by Crippen LogP contribution is 2.43. The quantitative estimate of drug-likeness (QED) is 0.0262. The van der Waals surface area contributed by atoms with Crippen LogP contribution < -0.4 is 5.32 Å². The van der Waals surface area contributed by atoms with Gasteiger partial charge in [0.1, 0.15) is 12.7 Å². The molecule has 268 valence electrons. The predicted octanol–water partition coefficient (Wildman–Crippen LogP) is 7.27. The maximum absolute atomic E-state index is 11.9. The Kier molecular flexibility index (Phi) is 28.7. The second kappa shape index (κ2) is 30.5. The summed E-state index contributed by atoms with van der Waals surface area (Å²) in [6, 6.07) is -1.54. The van der Waals surface area contributed by atoms with Crippen molar-refractivity contribution in [1.82, 2.24) is 5.32 Å². The van der Waals surface area contributed by atoms with Crippen LogP contribution in [0.15, 0.2) is 60.8 Å². The molecule has 47 heavy (non-hydrogen) atoms. The van der Waals surface area contributed by atoms with Gasteiger partial charge in [0, 0.05) is 12.8 Å². The number of amides is 1. The molecule has 0 bridgehead atoms. The third kappa shape index (κ3) is 30.3. The second-order valence-electron chi connectivity index (χ2n) is 10.9. The van der Waals surface area contributed by atoms with Crippen LogP contribution in [0.4, 0.5) is 0 Å². The summed E-state index contributed by atoms with van der Waals surface area (Å²) in [5.74, 6) is -2.51. The number of nitrogens with one attached hydrogen (secondary N) is 1. The largest absolute Gasteiger partial charge is 0.480 e. The maximum Gasteiger partial charge on any atom is 0.472 e. The van der Waals surface area contributed by atoms with Crippen molar-refractivity contribution >= 4 is 25.7 Å². The van der Waals surface area contributed by atoms with Crippen LogP contribution in [0.25, 0.3) is 0 Å². The van der Waals surface area contributed by atoms with E-state index in [9.17, 15) is 28.9 Å². The summed E-state index contributed by atoms with van der Waals surface area (Å²) < 4.78 is 26.1. The van der Waals surface area contributed by atoms with Crippen LogP contribution >= 0.6 is 7.82 Å². The van der Waals surface area contributed by atoms with Gasteiger partial charge in [0.05, 0.1) is 13.2 Å². The Hall–Kier alpha value is -2.82. The third-order valence-corrected chi connectivity index (χ3v) is 7.59. The fraction of sp³-hybridized carbons (Fsp3) is 0.629. The van der Waals surface area contributed by atoms with Gasteiger partial charge in [0.2, 0.25) is 5.91 Å². The topological polar surface area (TPSA) is 169 Å². The van der Waals surface area contributed by atoms with Gasteiger partial charge in [-0.2, -0.15) is 0 Å². The molecule has 0 heterocycles. The lowest BCUT2D eigenvalue weighted by Gasteiger charge is -2.18. The smallest absolute Gasteiger partial charge is 0.472 e. The molecule has 0 saturated carbocycles. The van der Waals surface area contributed by atoms with Gasteiger partial charge in [0.25, 0.3) is 0 Å². The van der Waals surface area contributed by atoms with Crippen molar-refractivity contribution in [2.75, 3.05) is 19.8 Å². The zero-order valence-corrected chi connectivity index (χ0v) is 29.2. The number of carbonyl (C=O) groups excluding carboxylic acids is 2. The van der Waals surface area contributed by atoms with E-state index in [0.717, 1.165) is 64.2 Å². The lowest BCUT2D eigenvalue weighted by Crippen LogP contribution is -2.43. The van der Waals surface area contributed by atoms with Gasteiger partial charge >= 0.3 is 19.8 Å². The van der Waals surface area contributed by atoms with E-state index in [1.165, 1.54) is 19.8 Å². The third-order valence-electron chi connectivity index (χ3n) is 6.63. The Morgan fingerprint density at radius 3 is 1.72 bits per heavy atom. The molecule has 0 aromatic carbocycles. The number of aliphatic carboxylic acids is 1. The molecular formula is C35H58NO10P. The summed E-state index contributed by atoms with van der Waals surface area (Å²) in [7, 11) is -4.72. The molecule has 4 N–H and O–H groups in total. The van der Waals surface area contributed by atoms with Crippen molar-refractivity contribution in [2.45, 2.75) is 122 Å². The van der Waals surface area contributed by atoms with E-state index in [4.69, 9.17) is 9.84 Å². The van der Waals surface area contributed by atoms with Crippen molar-refractivity contribution in [3.8, 4) is 0 Å². The van der Waals surface area contributed by atoms with Gasteiger partial charge in [-0.15, -0.1) is 0 Å². The first kappa shape index (κ1) is 44.2. The first-order valence-electron chi connectivity index (χ1n) is 16.8. The number of carboxylic acid groups (broad SMARTS) is 1. The van der Waals surface area contributed by atoms with Crippen molar-refractivity contribution in [1.29, 1.82) is 0 Å². The molecule has 0 saturated heterocycles. The molecule has 3 atom stereocenters. The summed E-state index contributed by atoms with van der Waals surface area (Å²) in [4.78, 5) is 44.1. The standard InChI is InChI=1S/C35H58NO10P/c1-3-5-6-7-8-9-10-11-12-13-14-15-16-17-18-19-20-21-22-23-24-25-26-27-34(39)44-28-31(37)29-45-47(42,43)46-30-32(35(40)41)36-33(38)4-2/h5-6,8-9,11-12,14-15,17-18,31-32,37H,3-4,7,10,13,16,19-30H2,1-2H3,(H,36,38)(H,40,41)(H,42,43)/b6-5-,9-8-,12-11-,15-14-,18-17-. The molecule has 1 amide bonds. The zero-order valence-electron chi connectivity index (χ0n) is 28.3. The maximum atomic E-state index is 11.9. The van der Waals surface area contributed by atoms with Gasteiger partial charge in [-0.3, -0.25) is 18.6 Å². The van der Waals surface area contributed by atoms with E-state index < -0.39 is 57.6 Å². The molecule has 0 aliphatic rings. The molecule has 0 spiro atoms. The first-order chi connectivity index (χ1) is 22.6. The summed E-state index contributed by atoms with van der Waals surface area (Å²) in [5, 5.41) is 21.1. The summed E-state index contributed by atoms with van der Waals surface area (Å²) in [5.41, 5.74) is 0. The van der Waals surface area contributed by atoms with Gasteiger partial charge < -0.3 is 25.2 Å². The number of esters is 1. The number of carboxylic acids is 1. The molecule has 11 nitrogen and oxygen atoms in total. The number of rotatable bonds is 30. The van der Waals surface area contributed by atoms with Crippen molar-refractivity contribution in [2.24, 2.45) is 0 Å². The lowest BCUT2D eigenvalue weighted by atomic mass is 10.1. The normalized spacial score (nSPS) is 14.8. The summed E-state index contributed by atoms with van der Waals surface area (Å²) in [6.45, 7) is 1.73. The van der Waals surface area contributed by atoms with E-state index in [2.05, 4.69) is 82.0 Å². The van der Waals surface area contributed by atoms with Crippen LogP contribution in [0.5, 0.6) is 0 Å². The number of aliphatic hydroxyl groups excluding tert-OH is 1. The number of hydrogen-bond acceptors (Lipinski definition) is 8. The number of allylic oxidation sites excluding steroid dienone is 10. The molecule has 0 aliphatic heterocycles. The minimum Gasteiger partial charge on any atom is -0.480 e. The highest BCUT2D eigenvalue weighted by molar-refractivity contribution is 7.47. The van der Waals surface area contributed by atoms with Crippen LogP contribution in [-0.2, 0) is 32.7 Å². The fourth-order valence-corrected chi connectivity index (χ4v) is 4.72. The Labute approximate surface area is 281 Å². The zero-order chi connectivity index (χ0) is 35.0. The predicted molar refractivity (Wildman–Crippen MR) is 185 cm³/mol.